The topological polar surface area (TPSA) is 46.6 Å². The van der Waals surface area contributed by atoms with Crippen molar-refractivity contribution in [3.63, 3.8) is 0 Å². The fraction of sp³-hybridized carbons (Fsp3) is 0.267. The number of thiazole rings is 1. The van der Waals surface area contributed by atoms with E-state index in [2.05, 4.69) is 9.38 Å². The Hall–Kier alpha value is -1.92. The molecule has 3 rings (SSSR count). The van der Waals surface area contributed by atoms with Gasteiger partial charge < -0.3 is 10.6 Å². The first-order valence-electron chi connectivity index (χ1n) is 6.79. The molecule has 0 aliphatic rings. The Balaban J connectivity index is 1.91. The van der Waals surface area contributed by atoms with Crippen molar-refractivity contribution in [2.24, 2.45) is 5.73 Å². The van der Waals surface area contributed by atoms with E-state index in [9.17, 15) is 4.39 Å². The first-order valence-corrected chi connectivity index (χ1v) is 7.67. The zero-order valence-corrected chi connectivity index (χ0v) is 12.6. The molecule has 0 saturated carbocycles. The summed E-state index contributed by atoms with van der Waals surface area (Å²) in [5.74, 6) is 0.700. The van der Waals surface area contributed by atoms with E-state index in [0.717, 1.165) is 28.5 Å². The molecule has 21 heavy (non-hydrogen) atoms. The van der Waals surface area contributed by atoms with Crippen molar-refractivity contribution in [3.8, 4) is 0 Å². The van der Waals surface area contributed by atoms with Crippen LogP contribution < -0.4 is 10.6 Å². The molecule has 6 heteroatoms. The normalized spacial score (nSPS) is 11.2. The molecule has 0 fully saturated rings. The maximum Gasteiger partial charge on any atom is 0.195 e. The molecule has 1 aromatic carbocycles. The summed E-state index contributed by atoms with van der Waals surface area (Å²) in [6.45, 7) is 1.19. The third-order valence-electron chi connectivity index (χ3n) is 3.39. The van der Waals surface area contributed by atoms with Gasteiger partial charge in [-0.1, -0.05) is 12.1 Å². The van der Waals surface area contributed by atoms with E-state index < -0.39 is 0 Å². The van der Waals surface area contributed by atoms with Gasteiger partial charge in [-0.25, -0.2) is 9.37 Å². The maximum absolute atomic E-state index is 13.3. The number of hydrogen-bond donors (Lipinski definition) is 1. The summed E-state index contributed by atoms with van der Waals surface area (Å²) in [7, 11) is 1.97. The van der Waals surface area contributed by atoms with Gasteiger partial charge in [-0.15, -0.1) is 11.3 Å². The zero-order valence-electron chi connectivity index (χ0n) is 11.8. The van der Waals surface area contributed by atoms with Gasteiger partial charge in [-0.05, 0) is 24.2 Å². The first-order chi connectivity index (χ1) is 10.2. The summed E-state index contributed by atoms with van der Waals surface area (Å²) in [6.07, 6.45) is 2.78. The van der Waals surface area contributed by atoms with Gasteiger partial charge in [0.1, 0.15) is 5.82 Å². The van der Waals surface area contributed by atoms with Crippen LogP contribution in [0.25, 0.3) is 4.96 Å². The highest BCUT2D eigenvalue weighted by atomic mass is 32.1. The van der Waals surface area contributed by atoms with Gasteiger partial charge >= 0.3 is 0 Å². The maximum atomic E-state index is 13.3. The summed E-state index contributed by atoms with van der Waals surface area (Å²) in [5, 5.41) is 2.01. The molecule has 3 aromatic rings. The minimum absolute atomic E-state index is 0.214. The number of imidazole rings is 1. The number of aromatic nitrogens is 2. The van der Waals surface area contributed by atoms with Gasteiger partial charge in [0.15, 0.2) is 10.8 Å². The molecule has 110 valence electrons. The van der Waals surface area contributed by atoms with Crippen LogP contribution in [0.3, 0.4) is 0 Å². The van der Waals surface area contributed by atoms with Gasteiger partial charge in [0, 0.05) is 31.6 Å². The molecule has 0 saturated heterocycles. The van der Waals surface area contributed by atoms with Crippen LogP contribution in [0.5, 0.6) is 0 Å². The molecule has 4 nitrogen and oxygen atoms in total. The third kappa shape index (κ3) is 2.77. The number of fused-ring (bicyclic) bond motifs is 1. The van der Waals surface area contributed by atoms with Gasteiger partial charge in [-0.2, -0.15) is 0 Å². The van der Waals surface area contributed by atoms with Crippen LogP contribution in [-0.2, 0) is 13.0 Å². The van der Waals surface area contributed by atoms with Crippen LogP contribution in [0.4, 0.5) is 10.2 Å². The average molecular weight is 304 g/mol. The van der Waals surface area contributed by atoms with Crippen molar-refractivity contribution in [3.05, 3.63) is 52.9 Å². The molecule has 0 aliphatic carbocycles. The molecule has 0 radical (unpaired) electrons. The molecule has 0 aliphatic heterocycles. The highest BCUT2D eigenvalue weighted by molar-refractivity contribution is 7.15. The number of anilines is 1. The Bertz CT molecular complexity index is 749. The Kier molecular flexibility index (Phi) is 3.90. The largest absolute Gasteiger partial charge is 0.354 e. The zero-order chi connectivity index (χ0) is 14.8. The second-order valence-electron chi connectivity index (χ2n) is 4.96. The summed E-state index contributed by atoms with van der Waals surface area (Å²) in [6, 6.07) is 6.65. The quantitative estimate of drug-likeness (QED) is 0.788. The Morgan fingerprint density at radius 2 is 2.29 bits per heavy atom. The summed E-state index contributed by atoms with van der Waals surface area (Å²) in [4.78, 5) is 7.67. The number of nitrogens with zero attached hydrogens (tertiary/aromatic N) is 3. The monoisotopic (exact) mass is 304 g/mol. The molecule has 0 unspecified atom stereocenters. The van der Waals surface area contributed by atoms with Gasteiger partial charge in [0.25, 0.3) is 0 Å². The number of nitrogens with two attached hydrogens (primary N) is 1. The fourth-order valence-electron chi connectivity index (χ4n) is 2.48. The van der Waals surface area contributed by atoms with Crippen molar-refractivity contribution >= 4 is 22.1 Å². The summed E-state index contributed by atoms with van der Waals surface area (Å²) in [5.41, 5.74) is 7.74. The van der Waals surface area contributed by atoms with Crippen LogP contribution in [0.1, 0.15) is 11.3 Å². The predicted octanol–water partition coefficient (Wildman–Crippen LogP) is 2.67. The van der Waals surface area contributed by atoms with Crippen LogP contribution in [0.2, 0.25) is 0 Å². The molecule has 2 heterocycles. The standard InChI is InChI=1S/C15H17FN4S/c1-19(10-11-3-2-4-12(16)9-11)14-13(5-6-17)20-7-8-21-15(20)18-14/h2-4,7-9H,5-6,10,17H2,1H3. The second-order valence-corrected chi connectivity index (χ2v) is 5.84. The lowest BCUT2D eigenvalue weighted by molar-refractivity contribution is 0.625. The molecular weight excluding hydrogens is 287 g/mol. The van der Waals surface area contributed by atoms with Crippen molar-refractivity contribution in [1.82, 2.24) is 9.38 Å². The smallest absolute Gasteiger partial charge is 0.195 e. The third-order valence-corrected chi connectivity index (χ3v) is 4.15. The SMILES string of the molecule is CN(Cc1cccc(F)c1)c1nc2sccn2c1CCN. The van der Waals surface area contributed by atoms with Crippen LogP contribution in [0, 0.1) is 5.82 Å². The lowest BCUT2D eigenvalue weighted by atomic mass is 10.2. The lowest BCUT2D eigenvalue weighted by Crippen LogP contribution is -2.19. The van der Waals surface area contributed by atoms with E-state index in [0.29, 0.717) is 13.1 Å². The summed E-state index contributed by atoms with van der Waals surface area (Å²) < 4.78 is 15.4. The molecule has 0 atom stereocenters. The van der Waals surface area contributed by atoms with Crippen LogP contribution >= 0.6 is 11.3 Å². The van der Waals surface area contributed by atoms with E-state index in [4.69, 9.17) is 5.73 Å². The van der Waals surface area contributed by atoms with Crippen molar-refractivity contribution < 1.29 is 4.39 Å². The van der Waals surface area contributed by atoms with E-state index in [-0.39, 0.29) is 5.82 Å². The lowest BCUT2D eigenvalue weighted by Gasteiger charge is -2.18. The number of halogens is 1. The van der Waals surface area contributed by atoms with E-state index in [1.54, 1.807) is 23.5 Å². The van der Waals surface area contributed by atoms with Gasteiger partial charge in [-0.3, -0.25) is 4.40 Å². The highest BCUT2D eigenvalue weighted by Gasteiger charge is 2.16. The average Bonchev–Trinajstić information content (AvgIpc) is 3.01. The van der Waals surface area contributed by atoms with Crippen molar-refractivity contribution in [2.75, 3.05) is 18.5 Å². The molecule has 0 spiro atoms. The molecular formula is C15H17FN4S. The highest BCUT2D eigenvalue weighted by Crippen LogP contribution is 2.25. The number of hydrogen-bond acceptors (Lipinski definition) is 4. The van der Waals surface area contributed by atoms with E-state index >= 15 is 0 Å². The number of benzene rings is 1. The van der Waals surface area contributed by atoms with E-state index in [1.807, 2.05) is 29.6 Å². The van der Waals surface area contributed by atoms with Gasteiger partial charge in [0.2, 0.25) is 0 Å². The predicted molar refractivity (Wildman–Crippen MR) is 84.3 cm³/mol. The molecule has 0 amide bonds. The van der Waals surface area contributed by atoms with Crippen LogP contribution in [-0.4, -0.2) is 23.0 Å². The fourth-order valence-corrected chi connectivity index (χ4v) is 3.21. The van der Waals surface area contributed by atoms with E-state index in [1.165, 1.54) is 6.07 Å². The van der Waals surface area contributed by atoms with Crippen LogP contribution in [0.15, 0.2) is 35.8 Å². The Morgan fingerprint density at radius 1 is 1.43 bits per heavy atom. The first kappa shape index (κ1) is 14.0. The number of rotatable bonds is 5. The Labute approximate surface area is 126 Å². The molecule has 2 aromatic heterocycles. The van der Waals surface area contributed by atoms with Crippen molar-refractivity contribution in [2.45, 2.75) is 13.0 Å². The summed E-state index contributed by atoms with van der Waals surface area (Å²) >= 11 is 1.60. The minimum Gasteiger partial charge on any atom is -0.354 e. The molecule has 2 N–H and O–H groups in total. The van der Waals surface area contributed by atoms with Crippen molar-refractivity contribution in [1.29, 1.82) is 0 Å². The minimum atomic E-state index is -0.214. The Morgan fingerprint density at radius 3 is 3.05 bits per heavy atom. The van der Waals surface area contributed by atoms with Gasteiger partial charge in [0.05, 0.1) is 5.69 Å². The second kappa shape index (κ2) is 5.83. The molecule has 0 bridgehead atoms.